The molecule has 1 amide bonds. The quantitative estimate of drug-likeness (QED) is 0.482. The number of halogens is 4. The number of benzene rings is 2. The number of nitrogens with one attached hydrogen (secondary N) is 2. The summed E-state index contributed by atoms with van der Waals surface area (Å²) in [7, 11) is -4.34. The molecule has 8 nitrogen and oxygen atoms in total. The van der Waals surface area contributed by atoms with Gasteiger partial charge in [0.2, 0.25) is 10.0 Å². The smallest absolute Gasteiger partial charge is 0.327 e. The van der Waals surface area contributed by atoms with E-state index >= 15 is 0 Å². The number of carbonyl (C=O) groups excluding carboxylic acids is 2. The highest BCUT2D eigenvalue weighted by atomic mass is 35.5. The maximum Gasteiger partial charge on any atom is 0.327 e. The number of para-hydroxylation sites is 1. The predicted octanol–water partition coefficient (Wildman–Crippen LogP) is 2.48. The second-order valence-corrected chi connectivity index (χ2v) is 8.70. The maximum absolute atomic E-state index is 13.6. The Kier molecular flexibility index (Phi) is 8.32. The molecule has 31 heavy (non-hydrogen) atoms. The van der Waals surface area contributed by atoms with Crippen LogP contribution in [0.4, 0.5) is 14.5 Å². The molecule has 13 heteroatoms. The third-order valence-electron chi connectivity index (χ3n) is 3.79. The van der Waals surface area contributed by atoms with Gasteiger partial charge in [-0.3, -0.25) is 9.59 Å². The molecule has 0 aliphatic heterocycles. The number of anilines is 1. The normalized spacial score (nSPS) is 13.4. The summed E-state index contributed by atoms with van der Waals surface area (Å²) in [4.78, 5) is 23.7. The number of amides is 1. The van der Waals surface area contributed by atoms with Gasteiger partial charge in [-0.15, -0.1) is 0 Å². The van der Waals surface area contributed by atoms with Crippen molar-refractivity contribution in [3.8, 4) is 0 Å². The fraction of sp³-hybridized carbons (Fsp3) is 0.222. The molecule has 168 valence electrons. The Morgan fingerprint density at radius 1 is 1.13 bits per heavy atom. The molecule has 0 saturated carbocycles. The minimum absolute atomic E-state index is 0.0576. The van der Waals surface area contributed by atoms with Crippen LogP contribution in [0.15, 0.2) is 41.3 Å². The zero-order valence-electron chi connectivity index (χ0n) is 15.7. The second-order valence-electron chi connectivity index (χ2n) is 6.17. The van der Waals surface area contributed by atoms with E-state index in [0.717, 1.165) is 37.3 Å². The van der Waals surface area contributed by atoms with Crippen LogP contribution in [0.3, 0.4) is 0 Å². The Balaban J connectivity index is 2.06. The van der Waals surface area contributed by atoms with Crippen molar-refractivity contribution in [2.75, 3.05) is 11.9 Å². The van der Waals surface area contributed by atoms with Crippen molar-refractivity contribution in [2.45, 2.75) is 24.0 Å². The molecule has 0 aliphatic carbocycles. The molecular weight excluding hydrogens is 481 g/mol. The SMILES string of the molecule is CC(O)C(NS(=O)(=O)c1ccc(Cl)c(Cl)c1)C(=O)OCC(=O)Nc1c(F)cccc1F. The van der Waals surface area contributed by atoms with E-state index in [1.54, 1.807) is 0 Å². The predicted molar refractivity (Wildman–Crippen MR) is 108 cm³/mol. The van der Waals surface area contributed by atoms with Crippen LogP contribution in [0.2, 0.25) is 10.0 Å². The summed E-state index contributed by atoms with van der Waals surface area (Å²) in [5.74, 6) is -4.48. The van der Waals surface area contributed by atoms with Crippen LogP contribution in [0.25, 0.3) is 0 Å². The molecule has 0 bridgehead atoms. The highest BCUT2D eigenvalue weighted by Crippen LogP contribution is 2.25. The van der Waals surface area contributed by atoms with Crippen molar-refractivity contribution in [1.82, 2.24) is 4.72 Å². The number of hydrogen-bond donors (Lipinski definition) is 3. The summed E-state index contributed by atoms with van der Waals surface area (Å²) < 4.78 is 58.7. The lowest BCUT2D eigenvalue weighted by Crippen LogP contribution is -2.48. The lowest BCUT2D eigenvalue weighted by atomic mass is 10.2. The van der Waals surface area contributed by atoms with Crippen LogP contribution < -0.4 is 10.0 Å². The van der Waals surface area contributed by atoms with Crippen LogP contribution in [0.5, 0.6) is 0 Å². The van der Waals surface area contributed by atoms with Gasteiger partial charge >= 0.3 is 5.97 Å². The van der Waals surface area contributed by atoms with E-state index in [-0.39, 0.29) is 14.9 Å². The molecule has 2 aromatic carbocycles. The van der Waals surface area contributed by atoms with Crippen LogP contribution in [0, 0.1) is 11.6 Å². The minimum atomic E-state index is -4.34. The van der Waals surface area contributed by atoms with E-state index in [2.05, 4.69) is 4.74 Å². The molecule has 0 heterocycles. The summed E-state index contributed by atoms with van der Waals surface area (Å²) in [6, 6.07) is 4.49. The average Bonchev–Trinajstić information content (AvgIpc) is 2.69. The number of carbonyl (C=O) groups is 2. The lowest BCUT2D eigenvalue weighted by Gasteiger charge is -2.20. The third-order valence-corrected chi connectivity index (χ3v) is 5.97. The van der Waals surface area contributed by atoms with Gasteiger partial charge in [-0.25, -0.2) is 17.2 Å². The molecule has 0 saturated heterocycles. The Labute approximate surface area is 186 Å². The Morgan fingerprint density at radius 2 is 1.74 bits per heavy atom. The van der Waals surface area contributed by atoms with E-state index in [0.29, 0.717) is 0 Å². The van der Waals surface area contributed by atoms with Gasteiger partial charge in [0, 0.05) is 0 Å². The zero-order valence-corrected chi connectivity index (χ0v) is 18.1. The van der Waals surface area contributed by atoms with E-state index in [1.807, 2.05) is 10.0 Å². The van der Waals surface area contributed by atoms with Crippen molar-refractivity contribution in [1.29, 1.82) is 0 Å². The molecule has 3 N–H and O–H groups in total. The molecule has 0 aliphatic rings. The summed E-state index contributed by atoms with van der Waals surface area (Å²) >= 11 is 11.5. The number of esters is 1. The maximum atomic E-state index is 13.6. The molecule has 2 unspecified atom stereocenters. The van der Waals surface area contributed by atoms with Crippen molar-refractivity contribution >= 4 is 50.8 Å². The van der Waals surface area contributed by atoms with Gasteiger partial charge in [0.25, 0.3) is 5.91 Å². The minimum Gasteiger partial charge on any atom is -0.454 e. The number of hydrogen-bond acceptors (Lipinski definition) is 6. The number of aliphatic hydroxyl groups excluding tert-OH is 1. The van der Waals surface area contributed by atoms with Crippen molar-refractivity contribution in [3.63, 3.8) is 0 Å². The first-order chi connectivity index (χ1) is 14.4. The van der Waals surface area contributed by atoms with Crippen LogP contribution in [-0.4, -0.2) is 44.2 Å². The monoisotopic (exact) mass is 496 g/mol. The zero-order chi connectivity index (χ0) is 23.3. The first-order valence-electron chi connectivity index (χ1n) is 8.48. The number of sulfonamides is 1. The fourth-order valence-corrected chi connectivity index (χ4v) is 3.89. The van der Waals surface area contributed by atoms with Gasteiger partial charge in [-0.05, 0) is 37.3 Å². The van der Waals surface area contributed by atoms with Crippen LogP contribution in [-0.2, 0) is 24.3 Å². The van der Waals surface area contributed by atoms with E-state index in [1.165, 1.54) is 6.07 Å². The van der Waals surface area contributed by atoms with Gasteiger partial charge < -0.3 is 15.2 Å². The molecule has 2 rings (SSSR count). The van der Waals surface area contributed by atoms with Crippen molar-refractivity contribution in [2.24, 2.45) is 0 Å². The van der Waals surface area contributed by atoms with Crippen LogP contribution in [0.1, 0.15) is 6.92 Å². The molecule has 0 radical (unpaired) electrons. The number of rotatable bonds is 8. The molecule has 2 atom stereocenters. The van der Waals surface area contributed by atoms with Gasteiger partial charge in [0.15, 0.2) is 6.61 Å². The highest BCUT2D eigenvalue weighted by Gasteiger charge is 2.31. The standard InChI is InChI=1S/C18H16Cl2F2N2O6S/c1-9(25)16(24-31(28,29)10-5-6-11(19)12(20)7-10)18(27)30-8-15(26)23-17-13(21)3-2-4-14(17)22/h2-7,9,16,24-25H,8H2,1H3,(H,23,26). The summed E-state index contributed by atoms with van der Waals surface area (Å²) in [6.45, 7) is 0.114. The topological polar surface area (TPSA) is 122 Å². The molecule has 2 aromatic rings. The third kappa shape index (κ3) is 6.58. The first kappa shape index (κ1) is 25.0. The molecule has 0 spiro atoms. The lowest BCUT2D eigenvalue weighted by molar-refractivity contribution is -0.151. The summed E-state index contributed by atoms with van der Waals surface area (Å²) in [6.07, 6.45) is -1.56. The molecule has 0 fully saturated rings. The molecular formula is C18H16Cl2F2N2O6S. The Hall–Kier alpha value is -2.31. The second kappa shape index (κ2) is 10.3. The van der Waals surface area contributed by atoms with Crippen LogP contribution >= 0.6 is 23.2 Å². The number of aliphatic hydroxyl groups is 1. The van der Waals surface area contributed by atoms with E-state index in [4.69, 9.17) is 23.2 Å². The first-order valence-corrected chi connectivity index (χ1v) is 10.7. The average molecular weight is 497 g/mol. The van der Waals surface area contributed by atoms with Gasteiger partial charge in [-0.1, -0.05) is 29.3 Å². The molecule has 0 aromatic heterocycles. The van der Waals surface area contributed by atoms with E-state index in [9.17, 15) is 31.9 Å². The Morgan fingerprint density at radius 3 is 2.29 bits per heavy atom. The van der Waals surface area contributed by atoms with E-state index < -0.39 is 58.0 Å². The Bertz CT molecular complexity index is 1080. The highest BCUT2D eigenvalue weighted by molar-refractivity contribution is 7.89. The largest absolute Gasteiger partial charge is 0.454 e. The fourth-order valence-electron chi connectivity index (χ4n) is 2.24. The van der Waals surface area contributed by atoms with Gasteiger partial charge in [0.1, 0.15) is 23.4 Å². The van der Waals surface area contributed by atoms with Gasteiger partial charge in [0.05, 0.1) is 21.0 Å². The summed E-state index contributed by atoms with van der Waals surface area (Å²) in [5.41, 5.74) is -0.740. The van der Waals surface area contributed by atoms with Crippen molar-refractivity contribution < 1.29 is 36.6 Å². The van der Waals surface area contributed by atoms with Gasteiger partial charge in [-0.2, -0.15) is 4.72 Å². The summed E-state index contributed by atoms with van der Waals surface area (Å²) in [5, 5.41) is 11.7. The number of ether oxygens (including phenoxy) is 1. The van der Waals surface area contributed by atoms with Crippen molar-refractivity contribution in [3.05, 3.63) is 58.1 Å².